The number of anilines is 1. The molecule has 1 aliphatic carbocycles. The van der Waals surface area contributed by atoms with E-state index in [1.807, 2.05) is 6.33 Å². The van der Waals surface area contributed by atoms with Gasteiger partial charge in [-0.05, 0) is 31.4 Å². The Morgan fingerprint density at radius 1 is 1.19 bits per heavy atom. The first-order chi connectivity index (χ1) is 10.3. The van der Waals surface area contributed by atoms with E-state index < -0.39 is 0 Å². The van der Waals surface area contributed by atoms with Crippen molar-refractivity contribution in [3.63, 3.8) is 0 Å². The second-order valence-corrected chi connectivity index (χ2v) is 5.94. The number of nitrogens with one attached hydrogen (secondary N) is 1. The van der Waals surface area contributed by atoms with Gasteiger partial charge in [-0.2, -0.15) is 0 Å². The lowest BCUT2D eigenvalue weighted by Crippen LogP contribution is -2.17. The van der Waals surface area contributed by atoms with E-state index in [0.29, 0.717) is 6.04 Å². The average molecular weight is 284 g/mol. The molecular weight excluding hydrogens is 260 g/mol. The summed E-state index contributed by atoms with van der Waals surface area (Å²) in [4.78, 5) is 0. The molecule has 0 saturated heterocycles. The molecule has 0 unspecified atom stereocenters. The molecule has 0 radical (unpaired) electrons. The van der Waals surface area contributed by atoms with Gasteiger partial charge < -0.3 is 9.88 Å². The third-order valence-electron chi connectivity index (χ3n) is 4.42. The maximum atomic E-state index is 4.32. The highest BCUT2D eigenvalue weighted by atomic mass is 15.3. The third kappa shape index (κ3) is 3.43. The van der Waals surface area contributed by atoms with Crippen LogP contribution in [0.5, 0.6) is 0 Å². The maximum Gasteiger partial charge on any atom is 0.134 e. The smallest absolute Gasteiger partial charge is 0.134 e. The molecule has 1 heterocycles. The Balaban J connectivity index is 1.58. The number of para-hydroxylation sites is 1. The van der Waals surface area contributed by atoms with Crippen LogP contribution < -0.4 is 5.32 Å². The van der Waals surface area contributed by atoms with Gasteiger partial charge >= 0.3 is 0 Å². The molecule has 112 valence electrons. The van der Waals surface area contributed by atoms with Crippen molar-refractivity contribution in [2.24, 2.45) is 0 Å². The van der Waals surface area contributed by atoms with Crippen LogP contribution in [0.1, 0.15) is 49.5 Å². The summed E-state index contributed by atoms with van der Waals surface area (Å²) in [6.07, 6.45) is 9.44. The van der Waals surface area contributed by atoms with Gasteiger partial charge in [-0.1, -0.05) is 37.5 Å². The zero-order chi connectivity index (χ0) is 14.5. The summed E-state index contributed by atoms with van der Waals surface area (Å²) in [5, 5.41) is 11.9. The number of aromatic nitrogens is 3. The Kier molecular flexibility index (Phi) is 4.53. The molecule has 4 nitrogen and oxygen atoms in total. The van der Waals surface area contributed by atoms with Crippen molar-refractivity contribution >= 4 is 5.69 Å². The molecule has 21 heavy (non-hydrogen) atoms. The molecule has 1 N–H and O–H groups in total. The molecule has 3 rings (SSSR count). The van der Waals surface area contributed by atoms with E-state index >= 15 is 0 Å². The van der Waals surface area contributed by atoms with Crippen molar-refractivity contribution in [1.29, 1.82) is 0 Å². The number of hydrogen-bond donors (Lipinski definition) is 1. The Labute approximate surface area is 126 Å². The molecule has 0 bridgehead atoms. The lowest BCUT2D eigenvalue weighted by Gasteiger charge is -2.24. The van der Waals surface area contributed by atoms with E-state index in [0.717, 1.165) is 18.8 Å². The monoisotopic (exact) mass is 284 g/mol. The van der Waals surface area contributed by atoms with Crippen LogP contribution in [-0.4, -0.2) is 21.3 Å². The molecule has 1 fully saturated rings. The van der Waals surface area contributed by atoms with Crippen molar-refractivity contribution in [2.75, 3.05) is 11.9 Å². The molecule has 0 atom stereocenters. The zero-order valence-corrected chi connectivity index (χ0v) is 12.8. The van der Waals surface area contributed by atoms with Crippen molar-refractivity contribution in [2.45, 2.75) is 51.5 Å². The quantitative estimate of drug-likeness (QED) is 0.909. The number of hydrogen-bond acceptors (Lipinski definition) is 3. The first-order valence-corrected chi connectivity index (χ1v) is 8.02. The standard InChI is InChI=1S/C17H24N4/c1-14-7-5-6-10-16(14)18-12-11-17-20-19-13-21(17)15-8-3-2-4-9-15/h5-7,10,13,15,18H,2-4,8-9,11-12H2,1H3. The van der Waals surface area contributed by atoms with Crippen LogP contribution in [0.4, 0.5) is 5.69 Å². The molecule has 4 heteroatoms. The van der Waals surface area contributed by atoms with Gasteiger partial charge in [-0.3, -0.25) is 0 Å². The van der Waals surface area contributed by atoms with E-state index in [9.17, 15) is 0 Å². The molecule has 0 amide bonds. The van der Waals surface area contributed by atoms with Gasteiger partial charge in [0.2, 0.25) is 0 Å². The lowest BCUT2D eigenvalue weighted by atomic mass is 9.95. The van der Waals surface area contributed by atoms with Crippen molar-refractivity contribution < 1.29 is 0 Å². The molecule has 1 aliphatic rings. The highest BCUT2D eigenvalue weighted by molar-refractivity contribution is 5.50. The number of nitrogens with zero attached hydrogens (tertiary/aromatic N) is 3. The molecule has 2 aromatic rings. The number of rotatable bonds is 5. The fraction of sp³-hybridized carbons (Fsp3) is 0.529. The summed E-state index contributed by atoms with van der Waals surface area (Å²) >= 11 is 0. The summed E-state index contributed by atoms with van der Waals surface area (Å²) in [5.74, 6) is 1.11. The molecule has 1 saturated carbocycles. The van der Waals surface area contributed by atoms with Crippen LogP contribution in [-0.2, 0) is 6.42 Å². The Hall–Kier alpha value is -1.84. The van der Waals surface area contributed by atoms with Crippen molar-refractivity contribution in [3.05, 3.63) is 42.0 Å². The van der Waals surface area contributed by atoms with E-state index in [1.165, 1.54) is 43.4 Å². The van der Waals surface area contributed by atoms with Gasteiger partial charge in [0.1, 0.15) is 12.2 Å². The first kappa shape index (κ1) is 14.1. The number of benzene rings is 1. The van der Waals surface area contributed by atoms with E-state index in [1.54, 1.807) is 0 Å². The fourth-order valence-electron chi connectivity index (χ4n) is 3.19. The summed E-state index contributed by atoms with van der Waals surface area (Å²) in [7, 11) is 0. The van der Waals surface area contributed by atoms with Crippen LogP contribution in [0.25, 0.3) is 0 Å². The minimum atomic E-state index is 0.613. The van der Waals surface area contributed by atoms with E-state index in [-0.39, 0.29) is 0 Å². The second-order valence-electron chi connectivity index (χ2n) is 5.94. The van der Waals surface area contributed by atoms with Gasteiger partial charge in [-0.15, -0.1) is 10.2 Å². The zero-order valence-electron chi connectivity index (χ0n) is 12.8. The average Bonchev–Trinajstić information content (AvgIpc) is 2.99. The Bertz CT molecular complexity index is 570. The van der Waals surface area contributed by atoms with Crippen LogP contribution >= 0.6 is 0 Å². The van der Waals surface area contributed by atoms with Gasteiger partial charge in [0, 0.05) is 24.7 Å². The predicted molar refractivity (Wildman–Crippen MR) is 85.5 cm³/mol. The SMILES string of the molecule is Cc1ccccc1NCCc1nncn1C1CCCCC1. The number of aryl methyl sites for hydroxylation is 1. The summed E-state index contributed by atoms with van der Waals surface area (Å²) in [5.41, 5.74) is 2.49. The van der Waals surface area contributed by atoms with E-state index in [4.69, 9.17) is 0 Å². The van der Waals surface area contributed by atoms with Crippen molar-refractivity contribution in [1.82, 2.24) is 14.8 Å². The normalized spacial score (nSPS) is 16.0. The molecule has 1 aromatic heterocycles. The lowest BCUT2D eigenvalue weighted by molar-refractivity contribution is 0.345. The van der Waals surface area contributed by atoms with Crippen LogP contribution in [0, 0.1) is 6.92 Å². The maximum absolute atomic E-state index is 4.32. The predicted octanol–water partition coefficient (Wildman–Crippen LogP) is 3.75. The van der Waals surface area contributed by atoms with Crippen LogP contribution in [0.15, 0.2) is 30.6 Å². The van der Waals surface area contributed by atoms with Gasteiger partial charge in [-0.25, -0.2) is 0 Å². The van der Waals surface area contributed by atoms with Gasteiger partial charge in [0.15, 0.2) is 0 Å². The second kappa shape index (κ2) is 6.74. The molecule has 1 aromatic carbocycles. The molecule has 0 aliphatic heterocycles. The minimum absolute atomic E-state index is 0.613. The summed E-state index contributed by atoms with van der Waals surface area (Å²) < 4.78 is 2.30. The Morgan fingerprint density at radius 3 is 2.81 bits per heavy atom. The van der Waals surface area contributed by atoms with E-state index in [2.05, 4.69) is 51.3 Å². The van der Waals surface area contributed by atoms with Gasteiger partial charge in [0.05, 0.1) is 0 Å². The summed E-state index contributed by atoms with van der Waals surface area (Å²) in [6, 6.07) is 9.01. The summed E-state index contributed by atoms with van der Waals surface area (Å²) in [6.45, 7) is 3.03. The topological polar surface area (TPSA) is 42.7 Å². The van der Waals surface area contributed by atoms with Crippen molar-refractivity contribution in [3.8, 4) is 0 Å². The highest BCUT2D eigenvalue weighted by Crippen LogP contribution is 2.28. The molecular formula is C17H24N4. The fourth-order valence-corrected chi connectivity index (χ4v) is 3.19. The highest BCUT2D eigenvalue weighted by Gasteiger charge is 2.18. The Morgan fingerprint density at radius 2 is 2.00 bits per heavy atom. The minimum Gasteiger partial charge on any atom is -0.384 e. The van der Waals surface area contributed by atoms with Crippen LogP contribution in [0.2, 0.25) is 0 Å². The first-order valence-electron chi connectivity index (χ1n) is 8.02. The largest absolute Gasteiger partial charge is 0.384 e. The molecule has 0 spiro atoms. The van der Waals surface area contributed by atoms with Crippen LogP contribution in [0.3, 0.4) is 0 Å². The third-order valence-corrected chi connectivity index (χ3v) is 4.42. The van der Waals surface area contributed by atoms with Gasteiger partial charge in [0.25, 0.3) is 0 Å².